The number of carboxylic acids is 1. The molecule has 0 amide bonds. The minimum absolute atomic E-state index is 0.0526. The van der Waals surface area contributed by atoms with Crippen molar-refractivity contribution in [2.24, 2.45) is 0 Å². The number of aliphatic carboxylic acids is 1. The molecule has 0 saturated heterocycles. The summed E-state index contributed by atoms with van der Waals surface area (Å²) in [5, 5.41) is 16.7. The predicted molar refractivity (Wildman–Crippen MR) is 196 cm³/mol. The van der Waals surface area contributed by atoms with Crippen LogP contribution in [0.3, 0.4) is 0 Å². The number of aryl methyl sites for hydroxylation is 1. The number of carboxylic acid groups (broad SMARTS) is 1. The van der Waals surface area contributed by atoms with E-state index in [1.165, 1.54) is 37.9 Å². The number of carbonyl (C=O) groups excluding carboxylic acids is 2. The van der Waals surface area contributed by atoms with Gasteiger partial charge in [0.25, 0.3) is 7.82 Å². The molecule has 0 aliphatic rings. The Morgan fingerprint density at radius 3 is 2.02 bits per heavy atom. The molecular weight excluding hydrogens is 673 g/mol. The number of benzene rings is 4. The van der Waals surface area contributed by atoms with Gasteiger partial charge in [0, 0.05) is 19.3 Å². The van der Waals surface area contributed by atoms with Gasteiger partial charge < -0.3 is 33.0 Å². The summed E-state index contributed by atoms with van der Waals surface area (Å²) >= 11 is 0. The van der Waals surface area contributed by atoms with Crippen LogP contribution in [0, 0.1) is 0 Å². The molecule has 0 saturated carbocycles. The third-order valence-corrected chi connectivity index (χ3v) is 9.84. The summed E-state index contributed by atoms with van der Waals surface area (Å²) in [7, 11) is 0.941. The molecule has 0 aromatic heterocycles. The highest BCUT2D eigenvalue weighted by atomic mass is 31.2. The van der Waals surface area contributed by atoms with Crippen molar-refractivity contribution in [1.29, 1.82) is 0 Å². The van der Waals surface area contributed by atoms with Gasteiger partial charge in [0.1, 0.15) is 19.8 Å². The van der Waals surface area contributed by atoms with Gasteiger partial charge in [0.05, 0.1) is 27.7 Å². The van der Waals surface area contributed by atoms with E-state index < -0.39 is 45.0 Å². The summed E-state index contributed by atoms with van der Waals surface area (Å²) in [5.74, 6) is -2.28. The third kappa shape index (κ3) is 13.5. The topological polar surface area (TPSA) is 148 Å². The number of ether oxygens (including phenoxy) is 2. The zero-order valence-corrected chi connectivity index (χ0v) is 31.0. The molecule has 0 fully saturated rings. The molecule has 12 heteroatoms. The minimum atomic E-state index is -4.70. The monoisotopic (exact) mass is 725 g/mol. The van der Waals surface area contributed by atoms with Crippen LogP contribution in [0.25, 0.3) is 32.3 Å². The van der Waals surface area contributed by atoms with Crippen LogP contribution in [0.2, 0.25) is 0 Å². The van der Waals surface area contributed by atoms with Crippen molar-refractivity contribution in [3.63, 3.8) is 0 Å². The predicted octanol–water partition coefficient (Wildman–Crippen LogP) is 7.17. The zero-order valence-electron chi connectivity index (χ0n) is 30.1. The molecule has 1 N–H and O–H groups in total. The van der Waals surface area contributed by atoms with E-state index in [0.29, 0.717) is 17.4 Å². The highest BCUT2D eigenvalue weighted by molar-refractivity contribution is 7.45. The molecule has 0 aliphatic heterocycles. The molecule has 4 aromatic rings. The number of hydrogen-bond acceptors (Lipinski definition) is 9. The number of nitrogens with zero attached hydrogens (tertiary/aromatic N) is 1. The highest BCUT2D eigenvalue weighted by Crippen LogP contribution is 2.38. The van der Waals surface area contributed by atoms with E-state index in [4.69, 9.17) is 23.6 Å². The summed E-state index contributed by atoms with van der Waals surface area (Å²) < 4.78 is 33.0. The molecule has 51 heavy (non-hydrogen) atoms. The summed E-state index contributed by atoms with van der Waals surface area (Å²) in [5.41, 5.74) is 1.40. The molecule has 0 bridgehead atoms. The molecule has 0 spiro atoms. The van der Waals surface area contributed by atoms with Gasteiger partial charge in [-0.3, -0.25) is 18.9 Å². The minimum Gasteiger partial charge on any atom is -0.756 e. The Hall–Kier alpha value is -3.60. The maximum Gasteiger partial charge on any atom is 0.306 e. The maximum absolute atomic E-state index is 12.4. The van der Waals surface area contributed by atoms with Crippen LogP contribution < -0.4 is 4.89 Å². The first-order valence-corrected chi connectivity index (χ1v) is 19.4. The van der Waals surface area contributed by atoms with Crippen molar-refractivity contribution in [1.82, 2.24) is 0 Å². The fraction of sp³-hybridized carbons (Fsp3) is 0.513. The number of carbonyl (C=O) groups is 3. The molecule has 0 radical (unpaired) electrons. The van der Waals surface area contributed by atoms with Gasteiger partial charge in [-0.25, -0.2) is 0 Å². The third-order valence-electron chi connectivity index (χ3n) is 8.88. The molecule has 4 rings (SSSR count). The van der Waals surface area contributed by atoms with Crippen LogP contribution >= 0.6 is 7.82 Å². The van der Waals surface area contributed by atoms with E-state index in [9.17, 15) is 23.8 Å². The average Bonchev–Trinajstić information content (AvgIpc) is 3.07. The Morgan fingerprint density at radius 1 is 0.725 bits per heavy atom. The second-order valence-corrected chi connectivity index (χ2v) is 15.6. The van der Waals surface area contributed by atoms with Crippen molar-refractivity contribution < 1.29 is 52.0 Å². The van der Waals surface area contributed by atoms with Crippen molar-refractivity contribution >= 4 is 58.0 Å². The van der Waals surface area contributed by atoms with Crippen molar-refractivity contribution in [3.8, 4) is 0 Å². The first-order chi connectivity index (χ1) is 24.3. The second kappa shape index (κ2) is 19.3. The molecule has 2 unspecified atom stereocenters. The summed E-state index contributed by atoms with van der Waals surface area (Å²) in [6, 6.07) is 19.9. The van der Waals surface area contributed by atoms with Crippen LogP contribution in [0.15, 0.2) is 54.6 Å². The number of phosphoric ester groups is 1. The molecule has 0 aliphatic carbocycles. The number of unbranched alkanes of at least 4 members (excludes halogenated alkanes) is 6. The average molecular weight is 726 g/mol. The largest absolute Gasteiger partial charge is 0.756 e. The van der Waals surface area contributed by atoms with E-state index in [2.05, 4.69) is 54.6 Å². The van der Waals surface area contributed by atoms with Crippen molar-refractivity contribution in [2.75, 3.05) is 47.5 Å². The number of esters is 2. The van der Waals surface area contributed by atoms with Crippen molar-refractivity contribution in [3.05, 3.63) is 60.2 Å². The molecule has 11 nitrogen and oxygen atoms in total. The van der Waals surface area contributed by atoms with Gasteiger partial charge in [-0.2, -0.15) is 0 Å². The van der Waals surface area contributed by atoms with Gasteiger partial charge in [0.2, 0.25) is 0 Å². The zero-order chi connectivity index (χ0) is 36.9. The fourth-order valence-electron chi connectivity index (χ4n) is 6.12. The van der Waals surface area contributed by atoms with Crippen LogP contribution in [0.4, 0.5) is 0 Å². The van der Waals surface area contributed by atoms with E-state index in [0.717, 1.165) is 44.9 Å². The standard InChI is InChI=1S/C39H52NO10P/c1-40(2,3)25-26-48-51(45,46)49-28-33(50-37(44)18-12-16-35(41)42)27-47-36(43)17-10-8-6-4-5-7-9-13-29-19-20-32-22-21-30-14-11-15-31-23-24-34(29)39(32)38(30)31/h11,14-15,19-24,33H,4-10,12-13,16-18,25-28H2,1-3H3,(H-,41,42,45,46). The smallest absolute Gasteiger partial charge is 0.306 e. The number of likely N-dealkylation sites (N-methyl/N-ethyl adjacent to an activating group) is 1. The Kier molecular flexibility index (Phi) is 15.2. The van der Waals surface area contributed by atoms with E-state index >= 15 is 0 Å². The fourth-order valence-corrected chi connectivity index (χ4v) is 6.85. The maximum atomic E-state index is 12.4. The van der Waals surface area contributed by atoms with Crippen LogP contribution in [-0.4, -0.2) is 81.1 Å². The first kappa shape index (κ1) is 40.2. The number of phosphoric acid groups is 1. The summed E-state index contributed by atoms with van der Waals surface area (Å²) in [6.45, 7) is -0.672. The Balaban J connectivity index is 1.12. The lowest BCUT2D eigenvalue weighted by Gasteiger charge is -2.28. The summed E-state index contributed by atoms with van der Waals surface area (Å²) in [4.78, 5) is 47.6. The van der Waals surface area contributed by atoms with Crippen LogP contribution in [0.1, 0.15) is 76.2 Å². The highest BCUT2D eigenvalue weighted by Gasteiger charge is 2.22. The second-order valence-electron chi connectivity index (χ2n) is 14.2. The van der Waals surface area contributed by atoms with Crippen molar-refractivity contribution in [2.45, 2.75) is 83.2 Å². The molecule has 4 aromatic carbocycles. The number of rotatable bonds is 24. The number of hydrogen-bond donors (Lipinski definition) is 1. The molecular formula is C39H52NO10P. The lowest BCUT2D eigenvalue weighted by atomic mass is 9.90. The van der Waals surface area contributed by atoms with Gasteiger partial charge in [-0.05, 0) is 63.6 Å². The van der Waals surface area contributed by atoms with E-state index in [-0.39, 0.29) is 32.3 Å². The van der Waals surface area contributed by atoms with Crippen LogP contribution in [-0.2, 0) is 43.9 Å². The lowest BCUT2D eigenvalue weighted by Crippen LogP contribution is -2.37. The van der Waals surface area contributed by atoms with E-state index in [1.54, 1.807) is 0 Å². The Labute approximate surface area is 300 Å². The molecule has 278 valence electrons. The van der Waals surface area contributed by atoms with Gasteiger partial charge >= 0.3 is 17.9 Å². The quantitative estimate of drug-likeness (QED) is 0.0259. The van der Waals surface area contributed by atoms with Gasteiger partial charge in [-0.1, -0.05) is 86.7 Å². The Morgan fingerprint density at radius 2 is 1.33 bits per heavy atom. The first-order valence-electron chi connectivity index (χ1n) is 17.9. The Bertz CT molecular complexity index is 1770. The normalized spacial score (nSPS) is 13.8. The van der Waals surface area contributed by atoms with Gasteiger partial charge in [-0.15, -0.1) is 0 Å². The lowest BCUT2D eigenvalue weighted by molar-refractivity contribution is -0.870. The van der Waals surface area contributed by atoms with E-state index in [1.807, 2.05) is 21.1 Å². The summed E-state index contributed by atoms with van der Waals surface area (Å²) in [6.07, 6.45) is 6.66. The SMILES string of the molecule is C[N+](C)(C)CCOP(=O)([O-])OCC(COC(=O)CCCCCCCCCc1ccc2ccc3cccc4ccc1c2c34)OC(=O)CCCC(=O)O. The molecule has 0 heterocycles. The number of quaternary nitrogens is 1. The van der Waals surface area contributed by atoms with Crippen LogP contribution in [0.5, 0.6) is 0 Å². The molecule has 2 atom stereocenters. The van der Waals surface area contributed by atoms with Gasteiger partial charge in [0.15, 0.2) is 6.10 Å².